The molecule has 0 unspecified atom stereocenters. The zero-order chi connectivity index (χ0) is 13.0. The monoisotopic (exact) mass is 281 g/mol. The Labute approximate surface area is 112 Å². The van der Waals surface area contributed by atoms with Crippen molar-refractivity contribution in [3.8, 4) is 0 Å². The third-order valence-corrected chi connectivity index (χ3v) is 4.14. The number of nitrogens with zero attached hydrogens (tertiary/aromatic N) is 2. The first-order chi connectivity index (χ1) is 8.72. The molecule has 8 heteroatoms. The summed E-state index contributed by atoms with van der Waals surface area (Å²) >= 11 is 2.78. The smallest absolute Gasteiger partial charge is 0.275 e. The van der Waals surface area contributed by atoms with Gasteiger partial charge in [-0.25, -0.2) is 15.8 Å². The SMILES string of the molecule is NNC(=O)c1sccc1CSc1nccnc1N. The maximum absolute atomic E-state index is 11.5. The quantitative estimate of drug-likeness (QED) is 0.334. The summed E-state index contributed by atoms with van der Waals surface area (Å²) in [6.45, 7) is 0. The Morgan fingerprint density at radius 3 is 2.94 bits per heavy atom. The van der Waals surface area contributed by atoms with Gasteiger partial charge in [0.25, 0.3) is 5.91 Å². The van der Waals surface area contributed by atoms with Crippen molar-refractivity contribution in [2.45, 2.75) is 10.8 Å². The van der Waals surface area contributed by atoms with Crippen molar-refractivity contribution in [3.05, 3.63) is 34.3 Å². The number of rotatable bonds is 4. The van der Waals surface area contributed by atoms with Crippen LogP contribution in [0.2, 0.25) is 0 Å². The van der Waals surface area contributed by atoms with Gasteiger partial charge in [0, 0.05) is 18.1 Å². The molecule has 5 N–H and O–H groups in total. The predicted octanol–water partition coefficient (Wildman–Crippen LogP) is 1.02. The Bertz CT molecular complexity index is 557. The number of aromatic nitrogens is 2. The second-order valence-corrected chi connectivity index (χ2v) is 5.16. The van der Waals surface area contributed by atoms with Crippen molar-refractivity contribution in [1.82, 2.24) is 15.4 Å². The molecule has 0 radical (unpaired) electrons. The lowest BCUT2D eigenvalue weighted by atomic mass is 10.3. The predicted molar refractivity (Wildman–Crippen MR) is 72.0 cm³/mol. The number of thioether (sulfide) groups is 1. The summed E-state index contributed by atoms with van der Waals surface area (Å²) in [5.74, 6) is 5.82. The minimum atomic E-state index is -0.285. The van der Waals surface area contributed by atoms with Gasteiger partial charge in [-0.05, 0) is 17.0 Å². The molecule has 0 fully saturated rings. The Kier molecular flexibility index (Phi) is 4.13. The Morgan fingerprint density at radius 2 is 2.22 bits per heavy atom. The molecule has 2 rings (SSSR count). The molecule has 0 spiro atoms. The van der Waals surface area contributed by atoms with Gasteiger partial charge in [0.15, 0.2) is 5.82 Å². The van der Waals surface area contributed by atoms with Gasteiger partial charge in [0.1, 0.15) is 5.03 Å². The fraction of sp³-hybridized carbons (Fsp3) is 0.100. The minimum absolute atomic E-state index is 0.285. The highest BCUT2D eigenvalue weighted by molar-refractivity contribution is 7.98. The van der Waals surface area contributed by atoms with Crippen LogP contribution in [0, 0.1) is 0 Å². The van der Waals surface area contributed by atoms with Crippen molar-refractivity contribution in [3.63, 3.8) is 0 Å². The van der Waals surface area contributed by atoms with Crippen LogP contribution in [0.5, 0.6) is 0 Å². The van der Waals surface area contributed by atoms with Crippen molar-refractivity contribution in [1.29, 1.82) is 0 Å². The van der Waals surface area contributed by atoms with E-state index < -0.39 is 0 Å². The van der Waals surface area contributed by atoms with Crippen LogP contribution in [-0.2, 0) is 5.75 Å². The van der Waals surface area contributed by atoms with E-state index in [1.807, 2.05) is 11.4 Å². The molecular weight excluding hydrogens is 270 g/mol. The van der Waals surface area contributed by atoms with Gasteiger partial charge in [-0.2, -0.15) is 0 Å². The molecule has 2 heterocycles. The molecular formula is C10H11N5OS2. The number of nitrogen functional groups attached to an aromatic ring is 2. The summed E-state index contributed by atoms with van der Waals surface area (Å²) in [5.41, 5.74) is 8.72. The average Bonchev–Trinajstić information content (AvgIpc) is 2.85. The van der Waals surface area contributed by atoms with E-state index in [9.17, 15) is 4.79 Å². The Hall–Kier alpha value is -1.64. The van der Waals surface area contributed by atoms with Crippen molar-refractivity contribution in [2.24, 2.45) is 5.84 Å². The fourth-order valence-electron chi connectivity index (χ4n) is 1.31. The summed E-state index contributed by atoms with van der Waals surface area (Å²) < 4.78 is 0. The van der Waals surface area contributed by atoms with E-state index in [1.165, 1.54) is 29.3 Å². The second-order valence-electron chi connectivity index (χ2n) is 3.28. The van der Waals surface area contributed by atoms with Crippen molar-refractivity contribution in [2.75, 3.05) is 5.73 Å². The summed E-state index contributed by atoms with van der Waals surface area (Å²) in [6.07, 6.45) is 3.12. The molecule has 1 amide bonds. The lowest BCUT2D eigenvalue weighted by Crippen LogP contribution is -2.29. The van der Waals surface area contributed by atoms with Crippen LogP contribution in [0.15, 0.2) is 28.9 Å². The van der Waals surface area contributed by atoms with Gasteiger partial charge in [-0.3, -0.25) is 10.2 Å². The maximum Gasteiger partial charge on any atom is 0.275 e. The van der Waals surface area contributed by atoms with E-state index in [2.05, 4.69) is 15.4 Å². The van der Waals surface area contributed by atoms with E-state index in [0.717, 1.165) is 5.56 Å². The van der Waals surface area contributed by atoms with Crippen LogP contribution >= 0.6 is 23.1 Å². The highest BCUT2D eigenvalue weighted by atomic mass is 32.2. The van der Waals surface area contributed by atoms with Crippen LogP contribution in [0.4, 0.5) is 5.82 Å². The minimum Gasteiger partial charge on any atom is -0.381 e. The largest absolute Gasteiger partial charge is 0.381 e. The van der Waals surface area contributed by atoms with Gasteiger partial charge >= 0.3 is 0 Å². The van der Waals surface area contributed by atoms with Gasteiger partial charge in [-0.1, -0.05) is 11.8 Å². The molecule has 0 bridgehead atoms. The molecule has 2 aromatic heterocycles. The Balaban J connectivity index is 2.09. The topological polar surface area (TPSA) is 107 Å². The number of hydrogen-bond acceptors (Lipinski definition) is 7. The van der Waals surface area contributed by atoms with Crippen molar-refractivity contribution >= 4 is 34.8 Å². The number of thiophene rings is 1. The number of carbonyl (C=O) groups excluding carboxylic acids is 1. The van der Waals surface area contributed by atoms with Crippen LogP contribution in [-0.4, -0.2) is 15.9 Å². The summed E-state index contributed by atoms with van der Waals surface area (Å²) in [7, 11) is 0. The van der Waals surface area contributed by atoms with Gasteiger partial charge < -0.3 is 5.73 Å². The van der Waals surface area contributed by atoms with Gasteiger partial charge in [-0.15, -0.1) is 11.3 Å². The maximum atomic E-state index is 11.5. The molecule has 0 aliphatic heterocycles. The van der Waals surface area contributed by atoms with Gasteiger partial charge in [0.2, 0.25) is 0 Å². The number of hydrazine groups is 1. The number of carbonyl (C=O) groups is 1. The standard InChI is InChI=1S/C10H11N5OS2/c11-8-10(14-3-2-13-8)18-5-6-1-4-17-7(6)9(16)15-12/h1-4H,5,12H2,(H2,11,13)(H,15,16). The van der Waals surface area contributed by atoms with E-state index in [-0.39, 0.29) is 5.91 Å². The van der Waals surface area contributed by atoms with E-state index in [1.54, 1.807) is 6.20 Å². The van der Waals surface area contributed by atoms with Crippen molar-refractivity contribution < 1.29 is 4.79 Å². The third kappa shape index (κ3) is 2.78. The zero-order valence-electron chi connectivity index (χ0n) is 9.29. The lowest BCUT2D eigenvalue weighted by Gasteiger charge is -2.04. The molecule has 94 valence electrons. The highest BCUT2D eigenvalue weighted by Crippen LogP contribution is 2.27. The van der Waals surface area contributed by atoms with E-state index in [4.69, 9.17) is 11.6 Å². The first-order valence-electron chi connectivity index (χ1n) is 4.99. The van der Waals surface area contributed by atoms with Gasteiger partial charge in [0.05, 0.1) is 4.88 Å². The fourth-order valence-corrected chi connectivity index (χ4v) is 3.09. The van der Waals surface area contributed by atoms with Crippen LogP contribution < -0.4 is 17.0 Å². The second kappa shape index (κ2) is 5.80. The molecule has 2 aromatic rings. The molecule has 6 nitrogen and oxygen atoms in total. The van der Waals surface area contributed by atoms with Crippen LogP contribution in [0.1, 0.15) is 15.2 Å². The molecule has 0 atom stereocenters. The molecule has 0 aliphatic rings. The summed E-state index contributed by atoms with van der Waals surface area (Å²) in [6, 6.07) is 1.88. The number of amides is 1. The number of hydrogen-bond donors (Lipinski definition) is 3. The molecule has 0 saturated carbocycles. The van der Waals surface area contributed by atoms with E-state index in [0.29, 0.717) is 21.5 Å². The third-order valence-electron chi connectivity index (χ3n) is 2.14. The zero-order valence-corrected chi connectivity index (χ0v) is 10.9. The molecule has 0 aliphatic carbocycles. The first-order valence-corrected chi connectivity index (χ1v) is 6.85. The average molecular weight is 281 g/mol. The summed E-state index contributed by atoms with van der Waals surface area (Å²) in [5, 5.41) is 2.50. The lowest BCUT2D eigenvalue weighted by molar-refractivity contribution is 0.0957. The Morgan fingerprint density at radius 1 is 1.44 bits per heavy atom. The molecule has 18 heavy (non-hydrogen) atoms. The number of nitrogens with two attached hydrogens (primary N) is 2. The van der Waals surface area contributed by atoms with Crippen LogP contribution in [0.3, 0.4) is 0 Å². The number of nitrogens with one attached hydrogen (secondary N) is 1. The molecule has 0 saturated heterocycles. The molecule has 0 aromatic carbocycles. The number of anilines is 1. The van der Waals surface area contributed by atoms with E-state index >= 15 is 0 Å². The first kappa shape index (κ1) is 12.8. The highest BCUT2D eigenvalue weighted by Gasteiger charge is 2.13. The normalized spacial score (nSPS) is 10.3. The van der Waals surface area contributed by atoms with Crippen LogP contribution in [0.25, 0.3) is 0 Å². The summed E-state index contributed by atoms with van der Waals surface area (Å²) in [4.78, 5) is 20.2.